The summed E-state index contributed by atoms with van der Waals surface area (Å²) in [5, 5.41) is 1.10. The van der Waals surface area contributed by atoms with Crippen LogP contribution in [0.3, 0.4) is 0 Å². The molecular weight excluding hydrogens is 346 g/mol. The number of benzene rings is 1. The Balaban J connectivity index is 1.44. The number of rotatable bonds is 4. The molecule has 136 valence electrons. The molecule has 3 aromatic rings. The summed E-state index contributed by atoms with van der Waals surface area (Å²) in [4.78, 5) is 18.3. The van der Waals surface area contributed by atoms with E-state index in [0.717, 1.165) is 53.8 Å². The van der Waals surface area contributed by atoms with Gasteiger partial charge in [0.1, 0.15) is 5.75 Å². The van der Waals surface area contributed by atoms with Crippen molar-refractivity contribution in [2.24, 2.45) is 0 Å². The van der Waals surface area contributed by atoms with E-state index in [4.69, 9.17) is 9.72 Å². The summed E-state index contributed by atoms with van der Waals surface area (Å²) in [6.45, 7) is 4.01. The number of anilines is 2. The molecular formula is C19H23N5OS. The first-order valence-electron chi connectivity index (χ1n) is 8.85. The maximum atomic E-state index is 5.31. The van der Waals surface area contributed by atoms with E-state index in [2.05, 4.69) is 32.9 Å². The molecule has 0 amide bonds. The Hall–Kier alpha value is -2.41. The molecule has 0 atom stereocenters. The molecule has 6 nitrogen and oxygen atoms in total. The fourth-order valence-corrected chi connectivity index (χ4v) is 4.38. The van der Waals surface area contributed by atoms with E-state index >= 15 is 0 Å². The Bertz CT molecular complexity index is 887. The first kappa shape index (κ1) is 17.0. The SMILES string of the molecule is COc1ccc2nc(N3CCC(N(C)c4ncc(C)cn4)CC3)sc2c1. The van der Waals surface area contributed by atoms with Gasteiger partial charge >= 0.3 is 0 Å². The third-order valence-electron chi connectivity index (χ3n) is 4.95. The third-order valence-corrected chi connectivity index (χ3v) is 6.03. The molecule has 0 aliphatic carbocycles. The number of piperidine rings is 1. The van der Waals surface area contributed by atoms with Crippen molar-refractivity contribution in [2.45, 2.75) is 25.8 Å². The number of ether oxygens (including phenoxy) is 1. The monoisotopic (exact) mass is 369 g/mol. The maximum absolute atomic E-state index is 5.31. The van der Waals surface area contributed by atoms with E-state index in [1.807, 2.05) is 31.5 Å². The van der Waals surface area contributed by atoms with Gasteiger partial charge in [0.2, 0.25) is 5.95 Å². The van der Waals surface area contributed by atoms with Crippen LogP contribution >= 0.6 is 11.3 Å². The van der Waals surface area contributed by atoms with Crippen LogP contribution in [-0.4, -0.2) is 48.2 Å². The lowest BCUT2D eigenvalue weighted by Crippen LogP contribution is -2.44. The van der Waals surface area contributed by atoms with Crippen molar-refractivity contribution in [2.75, 3.05) is 37.0 Å². The van der Waals surface area contributed by atoms with Gasteiger partial charge < -0.3 is 14.5 Å². The molecule has 0 spiro atoms. The second kappa shape index (κ2) is 7.07. The van der Waals surface area contributed by atoms with Crippen molar-refractivity contribution in [3.05, 3.63) is 36.2 Å². The van der Waals surface area contributed by atoms with Crippen LogP contribution in [0, 0.1) is 6.92 Å². The van der Waals surface area contributed by atoms with Crippen LogP contribution in [0.15, 0.2) is 30.6 Å². The summed E-state index contributed by atoms with van der Waals surface area (Å²) in [5.41, 5.74) is 2.13. The molecule has 7 heteroatoms. The van der Waals surface area contributed by atoms with Gasteiger partial charge in [0.05, 0.1) is 17.3 Å². The van der Waals surface area contributed by atoms with Gasteiger partial charge in [0, 0.05) is 38.6 Å². The fourth-order valence-electron chi connectivity index (χ4n) is 3.33. The number of methoxy groups -OCH3 is 1. The van der Waals surface area contributed by atoms with E-state index in [0.29, 0.717) is 6.04 Å². The van der Waals surface area contributed by atoms with Crippen molar-refractivity contribution >= 4 is 32.6 Å². The normalized spacial score (nSPS) is 15.4. The first-order valence-corrected chi connectivity index (χ1v) is 9.66. The highest BCUT2D eigenvalue weighted by atomic mass is 32.1. The molecule has 1 fully saturated rings. The minimum Gasteiger partial charge on any atom is -0.497 e. The minimum atomic E-state index is 0.462. The van der Waals surface area contributed by atoms with Gasteiger partial charge in [0.15, 0.2) is 5.13 Å². The number of fused-ring (bicyclic) bond motifs is 1. The van der Waals surface area contributed by atoms with Crippen molar-refractivity contribution in [1.29, 1.82) is 0 Å². The highest BCUT2D eigenvalue weighted by molar-refractivity contribution is 7.22. The number of hydrogen-bond donors (Lipinski definition) is 0. The first-order chi connectivity index (χ1) is 12.6. The topological polar surface area (TPSA) is 54.4 Å². The standard InChI is InChI=1S/C19H23N5OS/c1-13-11-20-18(21-12-13)23(2)14-6-8-24(9-7-14)19-22-16-5-4-15(25-3)10-17(16)26-19/h4-5,10-12,14H,6-9H2,1-3H3. The largest absolute Gasteiger partial charge is 0.497 e. The molecule has 1 aliphatic heterocycles. The molecule has 3 heterocycles. The number of aryl methyl sites for hydroxylation is 1. The molecule has 1 aromatic carbocycles. The Kier molecular flexibility index (Phi) is 4.63. The van der Waals surface area contributed by atoms with Crippen LogP contribution in [-0.2, 0) is 0 Å². The van der Waals surface area contributed by atoms with Gasteiger partial charge in [-0.15, -0.1) is 0 Å². The third kappa shape index (κ3) is 3.31. The molecule has 0 bridgehead atoms. The zero-order valence-electron chi connectivity index (χ0n) is 15.3. The minimum absolute atomic E-state index is 0.462. The van der Waals surface area contributed by atoms with Crippen LogP contribution in [0.5, 0.6) is 5.75 Å². The molecule has 2 aromatic heterocycles. The van der Waals surface area contributed by atoms with Crippen LogP contribution in [0.1, 0.15) is 18.4 Å². The number of hydrogen-bond acceptors (Lipinski definition) is 7. The summed E-state index contributed by atoms with van der Waals surface area (Å²) < 4.78 is 6.49. The van der Waals surface area contributed by atoms with Crippen LogP contribution < -0.4 is 14.5 Å². The molecule has 0 saturated carbocycles. The number of thiazole rings is 1. The van der Waals surface area contributed by atoms with E-state index in [1.54, 1.807) is 18.4 Å². The Morgan fingerprint density at radius 3 is 2.62 bits per heavy atom. The number of nitrogens with zero attached hydrogens (tertiary/aromatic N) is 5. The zero-order valence-corrected chi connectivity index (χ0v) is 16.2. The van der Waals surface area contributed by atoms with E-state index in [-0.39, 0.29) is 0 Å². The lowest BCUT2D eigenvalue weighted by atomic mass is 10.0. The lowest BCUT2D eigenvalue weighted by molar-refractivity contribution is 0.415. The van der Waals surface area contributed by atoms with E-state index in [9.17, 15) is 0 Å². The number of aromatic nitrogens is 3. The smallest absolute Gasteiger partial charge is 0.225 e. The van der Waals surface area contributed by atoms with Crippen molar-refractivity contribution in [1.82, 2.24) is 15.0 Å². The van der Waals surface area contributed by atoms with E-state index in [1.165, 1.54) is 4.70 Å². The van der Waals surface area contributed by atoms with Gasteiger partial charge in [-0.2, -0.15) is 0 Å². The van der Waals surface area contributed by atoms with Gasteiger partial charge in [-0.1, -0.05) is 11.3 Å². The summed E-state index contributed by atoms with van der Waals surface area (Å²) >= 11 is 1.74. The zero-order chi connectivity index (χ0) is 18.1. The van der Waals surface area contributed by atoms with Crippen molar-refractivity contribution < 1.29 is 4.74 Å². The quantitative estimate of drug-likeness (QED) is 0.701. The van der Waals surface area contributed by atoms with Crippen LogP contribution in [0.4, 0.5) is 11.1 Å². The van der Waals surface area contributed by atoms with Gasteiger partial charge in [0.25, 0.3) is 0 Å². The summed E-state index contributed by atoms with van der Waals surface area (Å²) in [5.74, 6) is 1.69. The molecule has 0 N–H and O–H groups in total. The molecule has 4 rings (SSSR count). The average molecular weight is 369 g/mol. The van der Waals surface area contributed by atoms with Gasteiger partial charge in [-0.3, -0.25) is 0 Å². The molecule has 0 unspecified atom stereocenters. The molecule has 1 aliphatic rings. The Morgan fingerprint density at radius 1 is 1.19 bits per heavy atom. The highest BCUT2D eigenvalue weighted by Crippen LogP contribution is 2.33. The summed E-state index contributed by atoms with van der Waals surface area (Å²) in [6, 6.07) is 6.52. The predicted molar refractivity (Wildman–Crippen MR) is 107 cm³/mol. The van der Waals surface area contributed by atoms with E-state index < -0.39 is 0 Å². The van der Waals surface area contributed by atoms with Crippen molar-refractivity contribution in [3.8, 4) is 5.75 Å². The summed E-state index contributed by atoms with van der Waals surface area (Å²) in [6.07, 6.45) is 5.91. The predicted octanol–water partition coefficient (Wildman–Crippen LogP) is 3.51. The molecule has 0 radical (unpaired) electrons. The van der Waals surface area contributed by atoms with Gasteiger partial charge in [-0.25, -0.2) is 15.0 Å². The Labute approximate surface area is 157 Å². The second-order valence-electron chi connectivity index (χ2n) is 6.72. The van der Waals surface area contributed by atoms with Crippen LogP contribution in [0.2, 0.25) is 0 Å². The maximum Gasteiger partial charge on any atom is 0.225 e. The molecule has 26 heavy (non-hydrogen) atoms. The average Bonchev–Trinajstić information content (AvgIpc) is 3.11. The lowest BCUT2D eigenvalue weighted by Gasteiger charge is -2.36. The van der Waals surface area contributed by atoms with Gasteiger partial charge in [-0.05, 0) is 43.5 Å². The second-order valence-corrected chi connectivity index (χ2v) is 7.73. The Morgan fingerprint density at radius 2 is 1.92 bits per heavy atom. The highest BCUT2D eigenvalue weighted by Gasteiger charge is 2.25. The summed E-state index contributed by atoms with van der Waals surface area (Å²) in [7, 11) is 3.79. The fraction of sp³-hybridized carbons (Fsp3) is 0.421. The van der Waals surface area contributed by atoms with Crippen LogP contribution in [0.25, 0.3) is 10.2 Å². The van der Waals surface area contributed by atoms with Crippen molar-refractivity contribution in [3.63, 3.8) is 0 Å². The molecule has 1 saturated heterocycles.